The first-order valence-electron chi connectivity index (χ1n) is 6.64. The van der Waals surface area contributed by atoms with E-state index in [0.29, 0.717) is 5.25 Å². The van der Waals surface area contributed by atoms with Crippen molar-refractivity contribution in [2.75, 3.05) is 7.05 Å². The van der Waals surface area contributed by atoms with Crippen LogP contribution in [0.2, 0.25) is 5.02 Å². The molecule has 0 aliphatic heterocycles. The third-order valence-corrected chi connectivity index (χ3v) is 5.55. The van der Waals surface area contributed by atoms with Gasteiger partial charge in [-0.1, -0.05) is 29.8 Å². The van der Waals surface area contributed by atoms with Crippen LogP contribution in [0.1, 0.15) is 31.2 Å². The van der Waals surface area contributed by atoms with Gasteiger partial charge < -0.3 is 5.32 Å². The van der Waals surface area contributed by atoms with Gasteiger partial charge in [0.25, 0.3) is 0 Å². The molecule has 1 fully saturated rings. The average molecular weight is 295 g/mol. The molecule has 0 amide bonds. The van der Waals surface area contributed by atoms with Crippen LogP contribution in [0.5, 0.6) is 0 Å². The molecule has 1 aromatic carbocycles. The summed E-state index contributed by atoms with van der Waals surface area (Å²) in [5.41, 5.74) is 0.864. The largest absolute Gasteiger partial charge is 0.302 e. The van der Waals surface area contributed by atoms with Crippen molar-refractivity contribution in [2.24, 2.45) is 0 Å². The summed E-state index contributed by atoms with van der Waals surface area (Å²) in [7, 11) is 1.89. The fourth-order valence-corrected chi connectivity index (χ4v) is 4.26. The highest BCUT2D eigenvalue weighted by Crippen LogP contribution is 2.36. The van der Waals surface area contributed by atoms with E-state index in [1.54, 1.807) is 0 Å². The summed E-state index contributed by atoms with van der Waals surface area (Å²) in [6.45, 7) is 0. The lowest BCUT2D eigenvalue weighted by atomic mass is 9.83. The van der Waals surface area contributed by atoms with Crippen LogP contribution in [0.4, 0.5) is 0 Å². The SMILES string of the molecule is CNC1(C#N)CCCC(SCc2ccccc2Cl)C1. The van der Waals surface area contributed by atoms with Crippen molar-refractivity contribution in [1.82, 2.24) is 5.32 Å². The molecule has 0 bridgehead atoms. The topological polar surface area (TPSA) is 35.8 Å². The van der Waals surface area contributed by atoms with Gasteiger partial charge in [0.15, 0.2) is 0 Å². The van der Waals surface area contributed by atoms with Gasteiger partial charge in [-0.15, -0.1) is 0 Å². The molecule has 1 saturated carbocycles. The van der Waals surface area contributed by atoms with Gasteiger partial charge in [0, 0.05) is 16.0 Å². The Morgan fingerprint density at radius 3 is 3.00 bits per heavy atom. The first kappa shape index (κ1) is 14.7. The second-order valence-corrected chi connectivity index (χ2v) is 6.76. The number of nitriles is 1. The Kier molecular flexibility index (Phi) is 5.15. The minimum absolute atomic E-state index is 0.323. The van der Waals surface area contributed by atoms with Crippen molar-refractivity contribution < 1.29 is 0 Å². The van der Waals surface area contributed by atoms with E-state index in [2.05, 4.69) is 17.5 Å². The number of nitrogens with one attached hydrogen (secondary N) is 1. The third kappa shape index (κ3) is 3.66. The maximum Gasteiger partial charge on any atom is 0.107 e. The van der Waals surface area contributed by atoms with Crippen molar-refractivity contribution in [1.29, 1.82) is 5.26 Å². The number of rotatable bonds is 4. The van der Waals surface area contributed by atoms with E-state index in [-0.39, 0.29) is 5.54 Å². The first-order valence-corrected chi connectivity index (χ1v) is 8.07. The van der Waals surface area contributed by atoms with Crippen LogP contribution in [0.15, 0.2) is 24.3 Å². The first-order chi connectivity index (χ1) is 9.19. The van der Waals surface area contributed by atoms with Crippen LogP contribution < -0.4 is 5.32 Å². The van der Waals surface area contributed by atoms with Gasteiger partial charge >= 0.3 is 0 Å². The van der Waals surface area contributed by atoms with Crippen molar-refractivity contribution in [3.8, 4) is 6.07 Å². The van der Waals surface area contributed by atoms with Crippen molar-refractivity contribution in [3.05, 3.63) is 34.9 Å². The molecule has 102 valence electrons. The molecule has 2 nitrogen and oxygen atoms in total. The van der Waals surface area contributed by atoms with Crippen LogP contribution in [-0.2, 0) is 5.75 Å². The van der Waals surface area contributed by atoms with E-state index in [1.165, 1.54) is 12.0 Å². The van der Waals surface area contributed by atoms with E-state index < -0.39 is 0 Å². The Balaban J connectivity index is 1.94. The van der Waals surface area contributed by atoms with Gasteiger partial charge in [-0.05, 0) is 44.4 Å². The second kappa shape index (κ2) is 6.65. The highest BCUT2D eigenvalue weighted by atomic mass is 35.5. The summed E-state index contributed by atoms with van der Waals surface area (Å²) in [5.74, 6) is 0.926. The van der Waals surface area contributed by atoms with Crippen LogP contribution in [-0.4, -0.2) is 17.8 Å². The summed E-state index contributed by atoms with van der Waals surface area (Å²) in [5, 5.41) is 13.9. The van der Waals surface area contributed by atoms with E-state index in [1.807, 2.05) is 37.0 Å². The van der Waals surface area contributed by atoms with Crippen LogP contribution in [0.25, 0.3) is 0 Å². The molecule has 0 aromatic heterocycles. The maximum absolute atomic E-state index is 9.35. The molecule has 4 heteroatoms. The summed E-state index contributed by atoms with van der Waals surface area (Å²) < 4.78 is 0. The summed E-state index contributed by atoms with van der Waals surface area (Å²) in [6, 6.07) is 10.5. The highest BCUT2D eigenvalue weighted by molar-refractivity contribution is 7.99. The lowest BCUT2D eigenvalue weighted by Crippen LogP contribution is -2.46. The quantitative estimate of drug-likeness (QED) is 0.912. The Labute approximate surface area is 124 Å². The van der Waals surface area contributed by atoms with E-state index in [9.17, 15) is 5.26 Å². The zero-order valence-corrected chi connectivity index (χ0v) is 12.7. The van der Waals surface area contributed by atoms with Crippen molar-refractivity contribution >= 4 is 23.4 Å². The Morgan fingerprint density at radius 1 is 1.53 bits per heavy atom. The molecule has 1 aromatic rings. The predicted molar refractivity (Wildman–Crippen MR) is 82.4 cm³/mol. The standard InChI is InChI=1S/C15H19ClN2S/c1-18-15(11-17)8-4-6-13(9-15)19-10-12-5-2-3-7-14(12)16/h2-3,5,7,13,18H,4,6,8-10H2,1H3. The van der Waals surface area contributed by atoms with Crippen LogP contribution >= 0.6 is 23.4 Å². The van der Waals surface area contributed by atoms with E-state index in [0.717, 1.165) is 30.0 Å². The Morgan fingerprint density at radius 2 is 2.32 bits per heavy atom. The number of halogens is 1. The van der Waals surface area contributed by atoms with E-state index >= 15 is 0 Å². The van der Waals surface area contributed by atoms with Gasteiger partial charge in [0.2, 0.25) is 0 Å². The number of hydrogen-bond acceptors (Lipinski definition) is 3. The molecular weight excluding hydrogens is 276 g/mol. The number of hydrogen-bond donors (Lipinski definition) is 1. The molecule has 19 heavy (non-hydrogen) atoms. The zero-order valence-electron chi connectivity index (χ0n) is 11.2. The minimum atomic E-state index is -0.323. The summed E-state index contributed by atoms with van der Waals surface area (Å²) in [6.07, 6.45) is 4.20. The highest BCUT2D eigenvalue weighted by Gasteiger charge is 2.35. The van der Waals surface area contributed by atoms with Gasteiger partial charge in [-0.3, -0.25) is 0 Å². The minimum Gasteiger partial charge on any atom is -0.302 e. The predicted octanol–water partition coefficient (Wildman–Crippen LogP) is 4.00. The molecule has 1 aliphatic rings. The zero-order chi connectivity index (χ0) is 13.7. The molecule has 0 spiro atoms. The number of nitrogens with zero attached hydrogens (tertiary/aromatic N) is 1. The fourth-order valence-electron chi connectivity index (χ4n) is 2.57. The lowest BCUT2D eigenvalue weighted by molar-refractivity contribution is 0.323. The molecule has 2 atom stereocenters. The molecule has 0 heterocycles. The Hall–Kier alpha value is -0.690. The molecule has 0 saturated heterocycles. The normalized spacial score (nSPS) is 26.9. The molecule has 1 N–H and O–H groups in total. The van der Waals surface area contributed by atoms with Gasteiger partial charge in [0.1, 0.15) is 5.54 Å². The maximum atomic E-state index is 9.35. The smallest absolute Gasteiger partial charge is 0.107 e. The molecule has 2 unspecified atom stereocenters. The summed E-state index contributed by atoms with van der Waals surface area (Å²) in [4.78, 5) is 0. The van der Waals surface area contributed by atoms with Crippen molar-refractivity contribution in [2.45, 2.75) is 42.2 Å². The molecule has 0 radical (unpaired) electrons. The van der Waals surface area contributed by atoms with Crippen LogP contribution in [0.3, 0.4) is 0 Å². The van der Waals surface area contributed by atoms with Gasteiger partial charge in [0.05, 0.1) is 6.07 Å². The summed E-state index contributed by atoms with van der Waals surface area (Å²) >= 11 is 8.10. The average Bonchev–Trinajstić information content (AvgIpc) is 2.46. The van der Waals surface area contributed by atoms with E-state index in [4.69, 9.17) is 11.6 Å². The molecule has 1 aliphatic carbocycles. The van der Waals surface area contributed by atoms with Crippen LogP contribution in [0, 0.1) is 11.3 Å². The number of thioether (sulfide) groups is 1. The van der Waals surface area contributed by atoms with Crippen molar-refractivity contribution in [3.63, 3.8) is 0 Å². The third-order valence-electron chi connectivity index (χ3n) is 3.83. The fraction of sp³-hybridized carbons (Fsp3) is 0.533. The van der Waals surface area contributed by atoms with Gasteiger partial charge in [-0.25, -0.2) is 0 Å². The Bertz CT molecular complexity index is 471. The second-order valence-electron chi connectivity index (χ2n) is 5.06. The molecular formula is C15H19ClN2S. The van der Waals surface area contributed by atoms with Gasteiger partial charge in [-0.2, -0.15) is 17.0 Å². The molecule has 2 rings (SSSR count). The number of benzene rings is 1. The monoisotopic (exact) mass is 294 g/mol. The lowest BCUT2D eigenvalue weighted by Gasteiger charge is -2.35.